The number of likely N-dealkylation sites (tertiary alicyclic amines) is 1. The fourth-order valence-corrected chi connectivity index (χ4v) is 2.55. The molecule has 1 unspecified atom stereocenters. The van der Waals surface area contributed by atoms with Crippen LogP contribution in [0.1, 0.15) is 31.7 Å². The zero-order chi connectivity index (χ0) is 13.8. The van der Waals surface area contributed by atoms with E-state index >= 15 is 0 Å². The van der Waals surface area contributed by atoms with E-state index in [4.69, 9.17) is 0 Å². The van der Waals surface area contributed by atoms with Crippen LogP contribution in [-0.2, 0) is 6.54 Å². The van der Waals surface area contributed by atoms with Gasteiger partial charge in [0.25, 0.3) is 0 Å². The molecule has 0 spiro atoms. The van der Waals surface area contributed by atoms with Crippen LogP contribution in [-0.4, -0.2) is 22.9 Å². The van der Waals surface area contributed by atoms with Gasteiger partial charge in [0.2, 0.25) is 5.82 Å². The maximum atomic E-state index is 14.0. The summed E-state index contributed by atoms with van der Waals surface area (Å²) in [7, 11) is 0. The molecule has 4 nitrogen and oxygen atoms in total. The van der Waals surface area contributed by atoms with E-state index in [2.05, 4.69) is 11.8 Å². The second-order valence-electron chi connectivity index (χ2n) is 5.32. The van der Waals surface area contributed by atoms with E-state index in [-0.39, 0.29) is 0 Å². The fourth-order valence-electron chi connectivity index (χ4n) is 2.55. The molecule has 19 heavy (non-hydrogen) atoms. The Balaban J connectivity index is 2.10. The SMILES string of the molecule is CC1CCCN(Cc2cccc([N+](=O)[O-])c2F)CC1. The van der Waals surface area contributed by atoms with Gasteiger partial charge in [-0.2, -0.15) is 4.39 Å². The average Bonchev–Trinajstić information content (AvgIpc) is 2.57. The summed E-state index contributed by atoms with van der Waals surface area (Å²) in [5, 5.41) is 10.7. The van der Waals surface area contributed by atoms with Crippen LogP contribution in [0, 0.1) is 21.8 Å². The minimum absolute atomic E-state index is 0.420. The first-order chi connectivity index (χ1) is 9.08. The lowest BCUT2D eigenvalue weighted by Gasteiger charge is -2.20. The van der Waals surface area contributed by atoms with Crippen LogP contribution in [0.25, 0.3) is 0 Å². The minimum atomic E-state index is -0.690. The molecule has 0 aliphatic carbocycles. The maximum Gasteiger partial charge on any atom is 0.305 e. The number of benzene rings is 1. The standard InChI is InChI=1S/C14H19FN2O2/c1-11-4-3-8-16(9-7-11)10-12-5-2-6-13(14(12)15)17(18)19/h2,5-6,11H,3-4,7-10H2,1H3. The lowest BCUT2D eigenvalue weighted by atomic mass is 10.0. The molecule has 5 heteroatoms. The van der Waals surface area contributed by atoms with Gasteiger partial charge in [0.05, 0.1) is 4.92 Å². The van der Waals surface area contributed by atoms with E-state index < -0.39 is 16.4 Å². The van der Waals surface area contributed by atoms with Crippen molar-refractivity contribution in [3.8, 4) is 0 Å². The number of nitrogens with zero attached hydrogens (tertiary/aromatic N) is 2. The number of rotatable bonds is 3. The van der Waals surface area contributed by atoms with Crippen molar-refractivity contribution in [2.75, 3.05) is 13.1 Å². The van der Waals surface area contributed by atoms with Crippen LogP contribution in [0.2, 0.25) is 0 Å². The zero-order valence-electron chi connectivity index (χ0n) is 11.1. The van der Waals surface area contributed by atoms with Crippen molar-refractivity contribution in [2.45, 2.75) is 32.7 Å². The summed E-state index contributed by atoms with van der Waals surface area (Å²) in [4.78, 5) is 12.2. The van der Waals surface area contributed by atoms with E-state index in [0.717, 1.165) is 25.9 Å². The van der Waals surface area contributed by atoms with Gasteiger partial charge in [-0.1, -0.05) is 19.1 Å². The van der Waals surface area contributed by atoms with Gasteiger partial charge in [-0.3, -0.25) is 15.0 Å². The normalized spacial score (nSPS) is 21.1. The van der Waals surface area contributed by atoms with Crippen LogP contribution in [0.15, 0.2) is 18.2 Å². The molecule has 1 aliphatic heterocycles. The summed E-state index contributed by atoms with van der Waals surface area (Å²) >= 11 is 0. The predicted octanol–water partition coefficient (Wildman–Crippen LogP) is 3.36. The minimum Gasteiger partial charge on any atom is -0.299 e. The molecule has 1 aromatic rings. The van der Waals surface area contributed by atoms with Crippen molar-refractivity contribution in [3.63, 3.8) is 0 Å². The highest BCUT2D eigenvalue weighted by molar-refractivity contribution is 5.36. The number of hydrogen-bond acceptors (Lipinski definition) is 3. The monoisotopic (exact) mass is 266 g/mol. The Kier molecular flexibility index (Phi) is 4.47. The molecular formula is C14H19FN2O2. The summed E-state index contributed by atoms with van der Waals surface area (Å²) < 4.78 is 14.0. The van der Waals surface area contributed by atoms with E-state index in [0.29, 0.717) is 18.0 Å². The predicted molar refractivity (Wildman–Crippen MR) is 71.3 cm³/mol. The molecule has 0 radical (unpaired) electrons. The summed E-state index contributed by atoms with van der Waals surface area (Å²) in [6.07, 6.45) is 3.42. The Bertz CT molecular complexity index is 465. The van der Waals surface area contributed by atoms with E-state index in [1.165, 1.54) is 12.5 Å². The lowest BCUT2D eigenvalue weighted by Crippen LogP contribution is -2.24. The molecule has 0 amide bonds. The topological polar surface area (TPSA) is 46.4 Å². The summed E-state index contributed by atoms with van der Waals surface area (Å²) in [6, 6.07) is 4.40. The fraction of sp³-hybridized carbons (Fsp3) is 0.571. The molecule has 1 aliphatic rings. The van der Waals surface area contributed by atoms with Crippen LogP contribution in [0.4, 0.5) is 10.1 Å². The number of nitro benzene ring substituents is 1. The highest BCUT2D eigenvalue weighted by Crippen LogP contribution is 2.23. The number of halogens is 1. The Morgan fingerprint density at radius 3 is 2.95 bits per heavy atom. The quantitative estimate of drug-likeness (QED) is 0.622. The zero-order valence-corrected chi connectivity index (χ0v) is 11.1. The third kappa shape index (κ3) is 3.50. The first-order valence-electron chi connectivity index (χ1n) is 6.72. The van der Waals surface area contributed by atoms with Gasteiger partial charge in [0.15, 0.2) is 0 Å². The Labute approximate surface area is 112 Å². The Morgan fingerprint density at radius 1 is 1.42 bits per heavy atom. The first kappa shape index (κ1) is 13.9. The second kappa shape index (κ2) is 6.10. The Hall–Kier alpha value is -1.49. The molecule has 0 bridgehead atoms. The van der Waals surface area contributed by atoms with Crippen LogP contribution < -0.4 is 0 Å². The third-order valence-electron chi connectivity index (χ3n) is 3.76. The molecule has 104 valence electrons. The van der Waals surface area contributed by atoms with Crippen LogP contribution >= 0.6 is 0 Å². The van der Waals surface area contributed by atoms with Gasteiger partial charge >= 0.3 is 5.69 Å². The second-order valence-corrected chi connectivity index (χ2v) is 5.32. The van der Waals surface area contributed by atoms with Crippen molar-refractivity contribution in [1.29, 1.82) is 0 Å². The smallest absolute Gasteiger partial charge is 0.299 e. The van der Waals surface area contributed by atoms with E-state index in [1.54, 1.807) is 12.1 Å². The van der Waals surface area contributed by atoms with E-state index in [9.17, 15) is 14.5 Å². The molecular weight excluding hydrogens is 247 g/mol. The molecule has 1 saturated heterocycles. The average molecular weight is 266 g/mol. The molecule has 0 N–H and O–H groups in total. The molecule has 1 heterocycles. The van der Waals surface area contributed by atoms with Gasteiger partial charge < -0.3 is 0 Å². The Morgan fingerprint density at radius 2 is 2.21 bits per heavy atom. The molecule has 2 rings (SSSR count). The summed E-state index contributed by atoms with van der Waals surface area (Å²) in [5.74, 6) is 0.0183. The highest BCUT2D eigenvalue weighted by atomic mass is 19.1. The summed E-state index contributed by atoms with van der Waals surface area (Å²) in [6.45, 7) is 4.56. The number of nitro groups is 1. The molecule has 0 aromatic heterocycles. The van der Waals surface area contributed by atoms with Crippen molar-refractivity contribution in [2.24, 2.45) is 5.92 Å². The molecule has 1 atom stereocenters. The largest absolute Gasteiger partial charge is 0.305 e. The molecule has 0 saturated carbocycles. The van der Waals surface area contributed by atoms with Crippen LogP contribution in [0.5, 0.6) is 0 Å². The van der Waals surface area contributed by atoms with Crippen molar-refractivity contribution >= 4 is 5.69 Å². The summed E-state index contributed by atoms with van der Waals surface area (Å²) in [5.41, 5.74) is -0.00977. The van der Waals surface area contributed by atoms with Gasteiger partial charge in [0.1, 0.15) is 0 Å². The van der Waals surface area contributed by atoms with Gasteiger partial charge in [-0.05, 0) is 38.3 Å². The molecule has 1 fully saturated rings. The van der Waals surface area contributed by atoms with Gasteiger partial charge in [-0.25, -0.2) is 0 Å². The van der Waals surface area contributed by atoms with Crippen molar-refractivity contribution < 1.29 is 9.31 Å². The van der Waals surface area contributed by atoms with Gasteiger partial charge in [-0.15, -0.1) is 0 Å². The van der Waals surface area contributed by atoms with Crippen molar-refractivity contribution in [3.05, 3.63) is 39.7 Å². The van der Waals surface area contributed by atoms with E-state index in [1.807, 2.05) is 0 Å². The van der Waals surface area contributed by atoms with Crippen LogP contribution in [0.3, 0.4) is 0 Å². The van der Waals surface area contributed by atoms with Gasteiger partial charge in [0, 0.05) is 18.2 Å². The van der Waals surface area contributed by atoms with Crippen molar-refractivity contribution in [1.82, 2.24) is 4.90 Å². The highest BCUT2D eigenvalue weighted by Gasteiger charge is 2.20. The number of hydrogen-bond donors (Lipinski definition) is 0. The molecule has 1 aromatic carbocycles. The lowest BCUT2D eigenvalue weighted by molar-refractivity contribution is -0.387. The first-order valence-corrected chi connectivity index (χ1v) is 6.72. The maximum absolute atomic E-state index is 14.0. The third-order valence-corrected chi connectivity index (χ3v) is 3.76.